The smallest absolute Gasteiger partial charge is 0.254 e. The second kappa shape index (κ2) is 14.6. The Morgan fingerprint density at radius 1 is 0.977 bits per heavy atom. The van der Waals surface area contributed by atoms with Gasteiger partial charge < -0.3 is 27.8 Å². The minimum absolute atomic E-state index is 0. The molecule has 0 saturated carbocycles. The molecular formula is C33H28ClN4O3S2-. The monoisotopic (exact) mass is 627 g/mol. The number of nitriles is 1. The molecule has 0 fully saturated rings. The lowest BCUT2D eigenvalue weighted by atomic mass is 9.86. The van der Waals surface area contributed by atoms with Crippen molar-refractivity contribution >= 4 is 52.0 Å². The molecule has 43 heavy (non-hydrogen) atoms. The lowest BCUT2D eigenvalue weighted by Crippen LogP contribution is -3.00. The highest BCUT2D eigenvalue weighted by Gasteiger charge is 2.36. The first kappa shape index (κ1) is 31.4. The van der Waals surface area contributed by atoms with Crippen LogP contribution in [0.1, 0.15) is 17.7 Å². The fourth-order valence-corrected chi connectivity index (χ4v) is 6.58. The molecule has 7 nitrogen and oxygen atoms in total. The van der Waals surface area contributed by atoms with Crippen molar-refractivity contribution in [3.05, 3.63) is 129 Å². The highest BCUT2D eigenvalue weighted by Crippen LogP contribution is 2.43. The van der Waals surface area contributed by atoms with E-state index in [0.717, 1.165) is 16.3 Å². The van der Waals surface area contributed by atoms with Crippen molar-refractivity contribution in [1.29, 1.82) is 5.26 Å². The summed E-state index contributed by atoms with van der Waals surface area (Å²) in [5, 5.41) is 19.1. The summed E-state index contributed by atoms with van der Waals surface area (Å²) < 4.78 is 5.41. The molecule has 0 aliphatic carbocycles. The van der Waals surface area contributed by atoms with Gasteiger partial charge in [-0.3, -0.25) is 14.5 Å². The van der Waals surface area contributed by atoms with Crippen LogP contribution in [0.5, 0.6) is 5.75 Å². The lowest BCUT2D eigenvalue weighted by Gasteiger charge is -2.29. The summed E-state index contributed by atoms with van der Waals surface area (Å²) >= 11 is 2.73. The van der Waals surface area contributed by atoms with E-state index >= 15 is 0 Å². The van der Waals surface area contributed by atoms with Gasteiger partial charge in [-0.1, -0.05) is 66.4 Å². The highest BCUT2D eigenvalue weighted by molar-refractivity contribution is 8.03. The zero-order valence-electron chi connectivity index (χ0n) is 23.4. The maximum atomic E-state index is 13.7. The summed E-state index contributed by atoms with van der Waals surface area (Å²) in [6, 6.07) is 32.3. The number of ether oxygens (including phenoxy) is 1. The third kappa shape index (κ3) is 6.95. The number of halogens is 1. The fourth-order valence-electron chi connectivity index (χ4n) is 4.79. The number of thiophene rings is 1. The predicted octanol–water partition coefficient (Wildman–Crippen LogP) is 4.19. The van der Waals surface area contributed by atoms with E-state index in [4.69, 9.17) is 4.74 Å². The Hall–Kier alpha value is -4.49. The number of allylic oxidation sites excluding steroid dienone is 2. The molecule has 0 saturated heterocycles. The molecule has 1 aliphatic heterocycles. The number of carbonyl (C=O) groups excluding carboxylic acids is 2. The van der Waals surface area contributed by atoms with Crippen LogP contribution in [0.4, 0.5) is 17.1 Å². The number of carbonyl (C=O) groups is 2. The van der Waals surface area contributed by atoms with E-state index in [9.17, 15) is 14.9 Å². The van der Waals surface area contributed by atoms with Crippen molar-refractivity contribution in [3.8, 4) is 11.8 Å². The summed E-state index contributed by atoms with van der Waals surface area (Å²) in [7, 11) is 1.55. The Morgan fingerprint density at radius 3 is 2.19 bits per heavy atom. The zero-order valence-corrected chi connectivity index (χ0v) is 25.8. The van der Waals surface area contributed by atoms with Crippen molar-refractivity contribution < 1.29 is 26.7 Å². The first-order valence-corrected chi connectivity index (χ1v) is 15.0. The minimum atomic E-state index is -0.595. The van der Waals surface area contributed by atoms with Crippen LogP contribution in [0.2, 0.25) is 0 Å². The van der Waals surface area contributed by atoms with Gasteiger partial charge in [0.15, 0.2) is 0 Å². The van der Waals surface area contributed by atoms with Gasteiger partial charge in [0.25, 0.3) is 5.91 Å². The number of rotatable bonds is 9. The van der Waals surface area contributed by atoms with Gasteiger partial charge in [0, 0.05) is 27.5 Å². The topological polar surface area (TPSA) is 94.5 Å². The third-order valence-electron chi connectivity index (χ3n) is 6.69. The second-order valence-electron chi connectivity index (χ2n) is 9.31. The molecule has 0 spiro atoms. The van der Waals surface area contributed by atoms with Crippen LogP contribution >= 0.6 is 23.1 Å². The Bertz CT molecular complexity index is 1640. The van der Waals surface area contributed by atoms with Crippen molar-refractivity contribution in [2.24, 2.45) is 0 Å². The molecule has 2 heterocycles. The van der Waals surface area contributed by atoms with E-state index in [1.807, 2.05) is 97.2 Å². The van der Waals surface area contributed by atoms with Crippen molar-refractivity contribution in [1.82, 2.24) is 5.32 Å². The molecule has 218 valence electrons. The van der Waals surface area contributed by atoms with Crippen LogP contribution in [-0.2, 0) is 9.59 Å². The molecule has 1 aliphatic rings. The SMILES string of the molecule is COc1ccccc1NC(=O)C1=C(C)NC(SCC(=O)N(c2ccccc2)c2ccccc2)=C(C#N)C1c1cccs1.[Cl-]. The fraction of sp³-hybridized carbons (Fsp3) is 0.121. The number of anilines is 3. The number of nitrogens with zero attached hydrogens (tertiary/aromatic N) is 2. The zero-order chi connectivity index (χ0) is 29.5. The molecule has 4 aromatic rings. The maximum absolute atomic E-state index is 13.7. The second-order valence-corrected chi connectivity index (χ2v) is 11.3. The molecule has 1 aromatic heterocycles. The Morgan fingerprint density at radius 2 is 1.60 bits per heavy atom. The van der Waals surface area contributed by atoms with E-state index in [0.29, 0.717) is 33.3 Å². The van der Waals surface area contributed by atoms with Crippen LogP contribution < -0.4 is 32.7 Å². The molecule has 1 atom stereocenters. The Labute approximate surface area is 265 Å². The summed E-state index contributed by atoms with van der Waals surface area (Å²) in [6.45, 7) is 1.81. The molecule has 10 heteroatoms. The van der Waals surface area contributed by atoms with E-state index < -0.39 is 5.92 Å². The van der Waals surface area contributed by atoms with E-state index in [1.54, 1.807) is 24.1 Å². The van der Waals surface area contributed by atoms with Gasteiger partial charge in [0.05, 0.1) is 41.1 Å². The van der Waals surface area contributed by atoms with Crippen LogP contribution in [0.3, 0.4) is 0 Å². The summed E-state index contributed by atoms with van der Waals surface area (Å²) in [4.78, 5) is 30.0. The van der Waals surface area contributed by atoms with Crippen molar-refractivity contribution in [2.75, 3.05) is 23.1 Å². The number of nitrogens with one attached hydrogen (secondary N) is 2. The molecular weight excluding hydrogens is 600 g/mol. The number of benzene rings is 3. The number of thioether (sulfide) groups is 1. The molecule has 0 bridgehead atoms. The summed E-state index contributed by atoms with van der Waals surface area (Å²) in [5.41, 5.74) is 3.47. The molecule has 2 N–H and O–H groups in total. The van der Waals surface area contributed by atoms with Gasteiger partial charge in [0.1, 0.15) is 5.75 Å². The summed E-state index contributed by atoms with van der Waals surface area (Å²) in [5.74, 6) is -0.464. The van der Waals surface area contributed by atoms with E-state index in [-0.39, 0.29) is 30.0 Å². The average molecular weight is 628 g/mol. The van der Waals surface area contributed by atoms with Crippen LogP contribution in [0, 0.1) is 11.3 Å². The number of amides is 2. The van der Waals surface area contributed by atoms with Crippen LogP contribution in [0.25, 0.3) is 0 Å². The number of hydrogen-bond donors (Lipinski definition) is 2. The maximum Gasteiger partial charge on any atom is 0.254 e. The normalized spacial score (nSPS) is 14.2. The van der Waals surface area contributed by atoms with Crippen molar-refractivity contribution in [2.45, 2.75) is 12.8 Å². The standard InChI is InChI=1S/C33H28N4O3S2.ClH/c1-22-30(32(39)36-26-16-9-10-17-27(26)40-2)31(28-18-11-19-41-28)25(20-34)33(35-22)42-21-29(38)37(23-12-5-3-6-13-23)24-14-7-4-8-15-24;/h3-19,31,35H,21H2,1-2H3,(H,36,39);1H/p-1. The molecule has 1 unspecified atom stereocenters. The largest absolute Gasteiger partial charge is 1.00 e. The van der Waals surface area contributed by atoms with Gasteiger partial charge in [0.2, 0.25) is 5.91 Å². The van der Waals surface area contributed by atoms with Gasteiger partial charge in [-0.2, -0.15) is 5.26 Å². The van der Waals surface area contributed by atoms with Gasteiger partial charge in [-0.15, -0.1) is 11.3 Å². The van der Waals surface area contributed by atoms with Gasteiger partial charge >= 0.3 is 0 Å². The van der Waals surface area contributed by atoms with Gasteiger partial charge in [-0.05, 0) is 54.8 Å². The Kier molecular flexibility index (Phi) is 10.7. The van der Waals surface area contributed by atoms with Gasteiger partial charge in [-0.25, -0.2) is 0 Å². The molecule has 5 rings (SSSR count). The van der Waals surface area contributed by atoms with Crippen LogP contribution in [0.15, 0.2) is 124 Å². The first-order chi connectivity index (χ1) is 20.5. The predicted molar refractivity (Wildman–Crippen MR) is 170 cm³/mol. The number of methoxy groups -OCH3 is 1. The Balaban J connectivity index is 0.00000423. The number of dihydropyridines is 1. The number of para-hydroxylation sites is 4. The molecule has 2 amide bonds. The van der Waals surface area contributed by atoms with Crippen LogP contribution in [-0.4, -0.2) is 24.7 Å². The average Bonchev–Trinajstić information content (AvgIpc) is 3.56. The minimum Gasteiger partial charge on any atom is -1.00 e. The quantitative estimate of drug-likeness (QED) is 0.289. The van der Waals surface area contributed by atoms with Crippen molar-refractivity contribution in [3.63, 3.8) is 0 Å². The first-order valence-electron chi connectivity index (χ1n) is 13.2. The highest BCUT2D eigenvalue weighted by atomic mass is 35.5. The molecule has 3 aromatic carbocycles. The van der Waals surface area contributed by atoms with E-state index in [2.05, 4.69) is 16.7 Å². The summed E-state index contributed by atoms with van der Waals surface area (Å²) in [6.07, 6.45) is 0. The lowest BCUT2D eigenvalue weighted by molar-refractivity contribution is -0.115. The molecule has 0 radical (unpaired) electrons. The number of hydrogen-bond acceptors (Lipinski definition) is 7. The third-order valence-corrected chi connectivity index (χ3v) is 8.63. The van der Waals surface area contributed by atoms with E-state index in [1.165, 1.54) is 23.1 Å².